The average Bonchev–Trinajstić information content (AvgIpc) is 1.06. The standard InChI is InChI=1S/C51H84.C40H57ClN4O11S2.C18H33N3O3S3/c1-3-7-43(8-4-1)11-15-45(16-12-43)19-23-47(24-20-45)27-31-49(32-28-47)35-39-51(40-36-49)41-37-50(38-42-51)33-29-48(30-34-50)25-21-46(22-26-48)17-13-44(14-18-46)9-5-2-6-10-44;1-23-12-10-13-30(53-9)40(51)22-29(54-38(50)43-40)24(2)36-39(4,56-36)31(21-34(48)45(7)27-19-26(18-23)20-28(52-8)35(27)41)55-37(49)25(3)44(6)33(47)15-17-58-57-16-11-14-32(46)42-5;1-4-25-10-7-16(22)19-13-20(17(23)8-11-26-5-2)15-21(14-19)18(24)9-12-27-6-3/h1-42H2;10,12-13,19-20,24-25,29-31,36,51H,11,14-18,21-22H2,1-9H3,(H,42,46)(H,43,50);4-15H2,1-3H3/b;13-10+,23-12+;/t;24-,25+,29+,30-,31+,36+,39+,40+;/m.1./s1. The lowest BCUT2D eigenvalue weighted by atomic mass is 9.46. The van der Waals surface area contributed by atoms with Gasteiger partial charge in [0.2, 0.25) is 35.4 Å². The van der Waals surface area contributed by atoms with Crippen molar-refractivity contribution in [2.75, 3.05) is 106 Å². The second-order valence-electron chi connectivity index (χ2n) is 45.8. The van der Waals surface area contributed by atoms with Crippen LogP contribution in [0.25, 0.3) is 0 Å². The lowest BCUT2D eigenvalue weighted by molar-refractivity contribution is -0.162. The van der Waals surface area contributed by atoms with Crippen LogP contribution in [0.3, 0.4) is 0 Å². The number of likely N-dealkylation sites (N-methyl/N-ethyl adjacent to an activating group) is 1. The van der Waals surface area contributed by atoms with Crippen LogP contribution in [0.4, 0.5) is 10.5 Å². The first-order valence-electron chi connectivity index (χ1n) is 53.5. The highest BCUT2D eigenvalue weighted by Gasteiger charge is 2.65. The van der Waals surface area contributed by atoms with Gasteiger partial charge in [-0.2, -0.15) is 35.3 Å². The van der Waals surface area contributed by atoms with Gasteiger partial charge in [0.1, 0.15) is 40.7 Å². The molecule has 4 aliphatic heterocycles. The molecule has 9 spiro atoms. The van der Waals surface area contributed by atoms with Gasteiger partial charge in [-0.3, -0.25) is 34.1 Å². The molecule has 14 aliphatic rings. The van der Waals surface area contributed by atoms with Crippen molar-refractivity contribution in [3.8, 4) is 5.75 Å². The number of thioether (sulfide) groups is 3. The molecular formula is C109H174ClN7O14S5. The number of alkyl carbamates (subject to hydrolysis) is 1. The van der Waals surface area contributed by atoms with Crippen LogP contribution in [0, 0.1) is 54.7 Å². The minimum atomic E-state index is -1.84. The van der Waals surface area contributed by atoms with Crippen molar-refractivity contribution in [3.05, 3.63) is 46.5 Å². The average molecular weight is 2000 g/mol. The lowest BCUT2D eigenvalue weighted by Crippen LogP contribution is -2.63. The third kappa shape index (κ3) is 27.6. The Morgan fingerprint density at radius 2 is 0.963 bits per heavy atom. The van der Waals surface area contributed by atoms with Gasteiger partial charge >= 0.3 is 12.1 Å². The van der Waals surface area contributed by atoms with Crippen LogP contribution in [0.2, 0.25) is 5.02 Å². The van der Waals surface area contributed by atoms with Gasteiger partial charge in [0.15, 0.2) is 5.72 Å². The zero-order valence-electron chi connectivity index (χ0n) is 85.6. The predicted octanol–water partition coefficient (Wildman–Crippen LogP) is 24.0. The number of ether oxygens (including phenoxy) is 5. The number of allylic oxidation sites excluding steroid dienone is 3. The third-order valence-electron chi connectivity index (χ3n) is 37.8. The highest BCUT2D eigenvalue weighted by Crippen LogP contribution is 2.69. The molecule has 27 heteroatoms. The van der Waals surface area contributed by atoms with E-state index in [9.17, 15) is 43.5 Å². The van der Waals surface area contributed by atoms with E-state index in [1.54, 1.807) is 377 Å². The number of aliphatic hydroxyl groups is 1. The van der Waals surface area contributed by atoms with Crippen molar-refractivity contribution in [1.29, 1.82) is 0 Å². The molecular weight excluding hydrogens is 1830 g/mol. The van der Waals surface area contributed by atoms with Crippen LogP contribution in [0.15, 0.2) is 35.9 Å². The van der Waals surface area contributed by atoms with Gasteiger partial charge in [-0.25, -0.2) is 9.59 Å². The Kier molecular flexibility index (Phi) is 39.2. The van der Waals surface area contributed by atoms with E-state index in [1.165, 1.54) is 54.7 Å². The Balaban J connectivity index is 0.000000183. The number of nitrogens with one attached hydrogen (secondary N) is 2. The van der Waals surface area contributed by atoms with E-state index in [-0.39, 0.29) is 53.8 Å². The van der Waals surface area contributed by atoms with Gasteiger partial charge in [0.05, 0.1) is 45.3 Å². The molecule has 21 nitrogen and oxygen atoms in total. The van der Waals surface area contributed by atoms with Crippen molar-refractivity contribution < 1.29 is 67.1 Å². The molecule has 8 atom stereocenters. The number of anilines is 1. The zero-order valence-corrected chi connectivity index (χ0v) is 90.4. The molecule has 136 heavy (non-hydrogen) atoms. The normalized spacial score (nSPS) is 29.2. The highest BCUT2D eigenvalue weighted by molar-refractivity contribution is 8.76. The summed E-state index contributed by atoms with van der Waals surface area (Å²) in [5.41, 5.74) is 6.05. The second-order valence-corrected chi connectivity index (χ2v) is 53.0. The van der Waals surface area contributed by atoms with Crippen molar-refractivity contribution in [3.63, 3.8) is 0 Å². The van der Waals surface area contributed by atoms with Crippen molar-refractivity contribution in [1.82, 2.24) is 30.2 Å². The van der Waals surface area contributed by atoms with E-state index in [0.29, 0.717) is 69.3 Å². The number of amides is 7. The molecule has 3 N–H and O–H groups in total. The summed E-state index contributed by atoms with van der Waals surface area (Å²) in [7, 11) is 10.7. The lowest BCUT2D eigenvalue weighted by Gasteiger charge is -2.59. The molecule has 1 aromatic rings. The quantitative estimate of drug-likeness (QED) is 0.0356. The number of nitrogens with zero attached hydrogens (tertiary/aromatic N) is 5. The number of fused-ring (bicyclic) bond motifs is 5. The smallest absolute Gasteiger partial charge is 0.409 e. The molecule has 3 saturated heterocycles. The Bertz CT molecular complexity index is 4000. The van der Waals surface area contributed by atoms with Crippen LogP contribution in [0.5, 0.6) is 5.75 Å². The molecule has 1 aromatic carbocycles. The van der Waals surface area contributed by atoms with E-state index < -0.39 is 65.7 Å². The first kappa shape index (κ1) is 109. The molecule has 15 rings (SSSR count). The number of benzene rings is 1. The molecule has 0 radical (unpaired) electrons. The number of halogens is 1. The number of esters is 1. The van der Waals surface area contributed by atoms with Gasteiger partial charge in [0, 0.05) is 101 Å². The van der Waals surface area contributed by atoms with Gasteiger partial charge in [-0.1, -0.05) is 123 Å². The maximum atomic E-state index is 14.2. The summed E-state index contributed by atoms with van der Waals surface area (Å²) in [5.74, 6) is 4.91. The monoisotopic (exact) mass is 2000 g/mol. The topological polar surface area (TPSA) is 246 Å². The Labute approximate surface area is 843 Å². The maximum absolute atomic E-state index is 14.2. The molecule has 13 fully saturated rings. The highest BCUT2D eigenvalue weighted by atomic mass is 35.5. The number of hydrogen-bond acceptors (Lipinski definition) is 19. The third-order valence-corrected chi connectivity index (χ3v) is 43.4. The number of epoxide rings is 1. The SMILES string of the molecule is C1CCC2(CC1)CCC1(CC2)CCC2(CC1)CCC1(CC2)CCC2(CC1)CCC1(CCC3(CCC4(CCC5(CCCCC5)CC4)CC3)CC1)CC2.CCSCCC(=O)N1CN(C(=O)CCSCC)CN(C(=O)CCSCC)C1.CNC(=O)CCCSSCCC(=O)N(C)[C@@H](C)C(=O)O[C@H]1CC(=O)N(C)c2cc(cc(OC)c2Cl)C/C(C)=C/C=C/[C@@H](OC)[C@@]2(O)C[C@H](OC(=O)N2)[C@@H](C)[C@@H]2O[C@@]12C. The van der Waals surface area contributed by atoms with Crippen LogP contribution in [-0.4, -0.2) is 215 Å². The van der Waals surface area contributed by atoms with Crippen LogP contribution in [-0.2, 0) is 58.9 Å². The van der Waals surface area contributed by atoms with E-state index in [1.807, 2.05) is 13.0 Å². The predicted molar refractivity (Wildman–Crippen MR) is 558 cm³/mol. The fourth-order valence-electron chi connectivity index (χ4n) is 27.3. The van der Waals surface area contributed by atoms with Crippen molar-refractivity contribution >= 4 is 122 Å². The molecule has 0 unspecified atom stereocenters. The molecule has 4 bridgehead atoms. The summed E-state index contributed by atoms with van der Waals surface area (Å²) in [6, 6.07) is 2.57. The Morgan fingerprint density at radius 1 is 0.574 bits per heavy atom. The number of carbonyl (C=O) groups excluding carboxylic acids is 8. The summed E-state index contributed by atoms with van der Waals surface area (Å²) in [4.78, 5) is 111. The van der Waals surface area contributed by atoms with Crippen LogP contribution < -0.4 is 20.3 Å². The van der Waals surface area contributed by atoms with E-state index in [4.69, 9.17) is 35.3 Å². The van der Waals surface area contributed by atoms with Crippen LogP contribution >= 0.6 is 68.5 Å². The number of methoxy groups -OCH3 is 2. The van der Waals surface area contributed by atoms with Crippen molar-refractivity contribution in [2.24, 2.45) is 54.7 Å². The Morgan fingerprint density at radius 3 is 1.34 bits per heavy atom. The second kappa shape index (κ2) is 48.8. The number of rotatable bonds is 25. The summed E-state index contributed by atoms with van der Waals surface area (Å²) in [6.45, 7) is 14.1. The summed E-state index contributed by atoms with van der Waals surface area (Å²) < 4.78 is 29.3. The number of carbonyl (C=O) groups is 8. The van der Waals surface area contributed by atoms with Gasteiger partial charge in [0.25, 0.3) is 0 Å². The van der Waals surface area contributed by atoms with Gasteiger partial charge < -0.3 is 58.6 Å². The minimum Gasteiger partial charge on any atom is -0.495 e. The molecule has 7 amide bonds. The number of hydrogen-bond donors (Lipinski definition) is 3. The summed E-state index contributed by atoms with van der Waals surface area (Å²) >= 11 is 12.0. The molecule has 10 aliphatic carbocycles. The van der Waals surface area contributed by atoms with Gasteiger partial charge in [-0.15, -0.1) is 0 Å². The fraction of sp³-hybridized carbons (Fsp3) is 0.835. The Hall–Kier alpha value is -4.02. The van der Waals surface area contributed by atoms with Crippen LogP contribution in [0.1, 0.15) is 375 Å². The first-order chi connectivity index (χ1) is 65.1. The maximum Gasteiger partial charge on any atom is 0.409 e. The molecule has 4 heterocycles. The van der Waals surface area contributed by atoms with Crippen molar-refractivity contribution in [2.45, 2.75) is 418 Å². The summed E-state index contributed by atoms with van der Waals surface area (Å²) in [5, 5.41) is 17.1. The van der Waals surface area contributed by atoms with E-state index in [0.717, 1.165) is 107 Å². The fourth-order valence-corrected chi connectivity index (χ4v) is 31.5. The molecule has 10 saturated carbocycles. The van der Waals surface area contributed by atoms with E-state index >= 15 is 0 Å². The summed E-state index contributed by atoms with van der Waals surface area (Å²) in [6.07, 6.45) is 70.7. The molecule has 766 valence electrons. The van der Waals surface area contributed by atoms with E-state index in [2.05, 4.69) is 31.4 Å². The first-order valence-corrected chi connectivity index (χ1v) is 59.8. The largest absolute Gasteiger partial charge is 0.495 e. The minimum absolute atomic E-state index is 0.0112. The zero-order chi connectivity index (χ0) is 97.2. The van der Waals surface area contributed by atoms with Gasteiger partial charge in [-0.05, 0) is 348 Å². The molecule has 0 aromatic heterocycles.